The monoisotopic (exact) mass is 310 g/mol. The van der Waals surface area contributed by atoms with Crippen LogP contribution in [-0.2, 0) is 12.8 Å². The lowest BCUT2D eigenvalue weighted by molar-refractivity contribution is -0.139. The van der Waals surface area contributed by atoms with Crippen molar-refractivity contribution in [3.63, 3.8) is 0 Å². The number of carbonyl (C=O) groups is 1. The maximum atomic E-state index is 12.8. The molecular formula is C16H13F3O3. The van der Waals surface area contributed by atoms with Gasteiger partial charge in [0.15, 0.2) is 0 Å². The van der Waals surface area contributed by atoms with E-state index in [-0.39, 0.29) is 17.9 Å². The first kappa shape index (κ1) is 15.9. The molecule has 3 nitrogen and oxygen atoms in total. The van der Waals surface area contributed by atoms with Gasteiger partial charge in [-0.2, -0.15) is 13.2 Å². The zero-order valence-electron chi connectivity index (χ0n) is 11.6. The van der Waals surface area contributed by atoms with Gasteiger partial charge in [-0.1, -0.05) is 24.3 Å². The van der Waals surface area contributed by atoms with Gasteiger partial charge in [-0.25, -0.2) is 4.79 Å². The van der Waals surface area contributed by atoms with E-state index in [0.29, 0.717) is 11.1 Å². The second-order valence-electron chi connectivity index (χ2n) is 4.74. The third kappa shape index (κ3) is 3.58. The fourth-order valence-corrected chi connectivity index (χ4v) is 2.04. The van der Waals surface area contributed by atoms with E-state index in [1.807, 2.05) is 0 Å². The minimum absolute atomic E-state index is 0.0756. The standard InChI is InChI=1S/C16H13F3O3/c1-10-8-11(6-7-12(10)15(20)21)9-22-14-5-3-2-4-13(14)16(17,18)19/h2-8H,9H2,1H3,(H,20,21). The lowest BCUT2D eigenvalue weighted by Gasteiger charge is -2.14. The quantitative estimate of drug-likeness (QED) is 0.916. The largest absolute Gasteiger partial charge is 0.488 e. The highest BCUT2D eigenvalue weighted by atomic mass is 19.4. The van der Waals surface area contributed by atoms with Crippen molar-refractivity contribution in [3.05, 3.63) is 64.7 Å². The summed E-state index contributed by atoms with van der Waals surface area (Å²) in [5.74, 6) is -1.30. The van der Waals surface area contributed by atoms with Gasteiger partial charge in [0.2, 0.25) is 0 Å². The van der Waals surface area contributed by atoms with Crippen molar-refractivity contribution < 1.29 is 27.8 Å². The van der Waals surface area contributed by atoms with Gasteiger partial charge in [0, 0.05) is 0 Å². The Kier molecular flexibility index (Phi) is 4.40. The van der Waals surface area contributed by atoms with Gasteiger partial charge in [-0.15, -0.1) is 0 Å². The smallest absolute Gasteiger partial charge is 0.419 e. The Morgan fingerprint density at radius 2 is 1.86 bits per heavy atom. The number of hydrogen-bond donors (Lipinski definition) is 1. The molecule has 0 spiro atoms. The van der Waals surface area contributed by atoms with Crippen molar-refractivity contribution in [2.24, 2.45) is 0 Å². The topological polar surface area (TPSA) is 46.5 Å². The fraction of sp³-hybridized carbons (Fsp3) is 0.188. The second-order valence-corrected chi connectivity index (χ2v) is 4.74. The lowest BCUT2D eigenvalue weighted by atomic mass is 10.1. The van der Waals surface area contributed by atoms with Crippen LogP contribution in [0.1, 0.15) is 27.0 Å². The normalized spacial score (nSPS) is 11.3. The summed E-state index contributed by atoms with van der Waals surface area (Å²) in [4.78, 5) is 10.9. The first-order chi connectivity index (χ1) is 10.3. The van der Waals surface area contributed by atoms with Crippen LogP contribution in [0.3, 0.4) is 0 Å². The number of halogens is 3. The van der Waals surface area contributed by atoms with Gasteiger partial charge in [0.1, 0.15) is 12.4 Å². The molecule has 0 fully saturated rings. The number of aryl methyl sites for hydroxylation is 1. The second kappa shape index (κ2) is 6.09. The maximum absolute atomic E-state index is 12.8. The summed E-state index contributed by atoms with van der Waals surface area (Å²) >= 11 is 0. The highest BCUT2D eigenvalue weighted by Crippen LogP contribution is 2.36. The zero-order valence-corrected chi connectivity index (χ0v) is 11.6. The number of ether oxygens (including phenoxy) is 1. The molecule has 22 heavy (non-hydrogen) atoms. The van der Waals surface area contributed by atoms with E-state index in [2.05, 4.69) is 0 Å². The van der Waals surface area contributed by atoms with Crippen LogP contribution in [0.4, 0.5) is 13.2 Å². The van der Waals surface area contributed by atoms with Crippen LogP contribution in [0.25, 0.3) is 0 Å². The Morgan fingerprint density at radius 3 is 2.45 bits per heavy atom. The van der Waals surface area contributed by atoms with Crippen molar-refractivity contribution in [2.45, 2.75) is 19.7 Å². The van der Waals surface area contributed by atoms with Crippen LogP contribution in [-0.4, -0.2) is 11.1 Å². The minimum atomic E-state index is -4.49. The van der Waals surface area contributed by atoms with Gasteiger partial charge in [-0.05, 0) is 36.2 Å². The molecule has 116 valence electrons. The van der Waals surface area contributed by atoms with E-state index in [1.165, 1.54) is 30.3 Å². The SMILES string of the molecule is Cc1cc(COc2ccccc2C(F)(F)F)ccc1C(=O)O. The number of aromatic carboxylic acids is 1. The van der Waals surface area contributed by atoms with E-state index in [9.17, 15) is 18.0 Å². The number of carboxylic acid groups (broad SMARTS) is 1. The molecule has 0 unspecified atom stereocenters. The number of para-hydroxylation sites is 1. The molecule has 0 heterocycles. The predicted molar refractivity (Wildman–Crippen MR) is 73.9 cm³/mol. The third-order valence-corrected chi connectivity index (χ3v) is 3.11. The summed E-state index contributed by atoms with van der Waals surface area (Å²) < 4.78 is 43.7. The average Bonchev–Trinajstić information content (AvgIpc) is 2.44. The number of rotatable bonds is 4. The fourth-order valence-electron chi connectivity index (χ4n) is 2.04. The highest BCUT2D eigenvalue weighted by Gasteiger charge is 2.33. The van der Waals surface area contributed by atoms with E-state index < -0.39 is 17.7 Å². The maximum Gasteiger partial charge on any atom is 0.419 e. The molecule has 0 aliphatic rings. The van der Waals surface area contributed by atoms with Gasteiger partial charge in [0.05, 0.1) is 11.1 Å². The summed E-state index contributed by atoms with van der Waals surface area (Å²) in [7, 11) is 0. The van der Waals surface area contributed by atoms with Crippen molar-refractivity contribution in [3.8, 4) is 5.75 Å². The van der Waals surface area contributed by atoms with E-state index in [4.69, 9.17) is 9.84 Å². The van der Waals surface area contributed by atoms with E-state index in [1.54, 1.807) is 13.0 Å². The third-order valence-electron chi connectivity index (χ3n) is 3.11. The molecule has 0 aromatic heterocycles. The summed E-state index contributed by atoms with van der Waals surface area (Å²) in [6.45, 7) is 1.55. The first-order valence-corrected chi connectivity index (χ1v) is 6.41. The molecule has 0 saturated heterocycles. The lowest BCUT2D eigenvalue weighted by Crippen LogP contribution is -2.09. The Bertz CT molecular complexity index is 693. The van der Waals surface area contributed by atoms with Crippen LogP contribution in [0.5, 0.6) is 5.75 Å². The highest BCUT2D eigenvalue weighted by molar-refractivity contribution is 5.89. The molecule has 0 amide bonds. The Hall–Kier alpha value is -2.50. The zero-order chi connectivity index (χ0) is 16.3. The minimum Gasteiger partial charge on any atom is -0.488 e. The molecule has 0 saturated carbocycles. The van der Waals surface area contributed by atoms with Gasteiger partial charge >= 0.3 is 12.1 Å². The predicted octanol–water partition coefficient (Wildman–Crippen LogP) is 4.29. The van der Waals surface area contributed by atoms with Crippen LogP contribution in [0, 0.1) is 6.92 Å². The summed E-state index contributed by atoms with van der Waals surface area (Å²) in [5.41, 5.74) is 0.436. The molecule has 6 heteroatoms. The molecule has 0 aliphatic carbocycles. The Labute approximate surface area is 125 Å². The van der Waals surface area contributed by atoms with Crippen molar-refractivity contribution in [1.29, 1.82) is 0 Å². The number of carboxylic acids is 1. The van der Waals surface area contributed by atoms with Crippen LogP contribution in [0.15, 0.2) is 42.5 Å². The molecule has 0 radical (unpaired) electrons. The Balaban J connectivity index is 2.18. The number of hydrogen-bond acceptors (Lipinski definition) is 2. The van der Waals surface area contributed by atoms with Gasteiger partial charge in [-0.3, -0.25) is 0 Å². The molecule has 1 N–H and O–H groups in total. The molecule has 2 rings (SSSR count). The van der Waals surface area contributed by atoms with Crippen LogP contribution >= 0.6 is 0 Å². The van der Waals surface area contributed by atoms with Crippen molar-refractivity contribution in [2.75, 3.05) is 0 Å². The first-order valence-electron chi connectivity index (χ1n) is 6.41. The molecule has 2 aromatic carbocycles. The van der Waals surface area contributed by atoms with E-state index >= 15 is 0 Å². The molecule has 0 aliphatic heterocycles. The van der Waals surface area contributed by atoms with Crippen LogP contribution < -0.4 is 4.74 Å². The average molecular weight is 310 g/mol. The van der Waals surface area contributed by atoms with E-state index in [0.717, 1.165) is 6.07 Å². The summed E-state index contributed by atoms with van der Waals surface area (Å²) in [6, 6.07) is 9.47. The molecule has 0 atom stereocenters. The summed E-state index contributed by atoms with van der Waals surface area (Å²) in [5, 5.41) is 8.93. The summed E-state index contributed by atoms with van der Waals surface area (Å²) in [6.07, 6.45) is -4.49. The number of benzene rings is 2. The van der Waals surface area contributed by atoms with Gasteiger partial charge < -0.3 is 9.84 Å². The van der Waals surface area contributed by atoms with Gasteiger partial charge in [0.25, 0.3) is 0 Å². The Morgan fingerprint density at radius 1 is 1.18 bits per heavy atom. The van der Waals surface area contributed by atoms with Crippen molar-refractivity contribution >= 4 is 5.97 Å². The van der Waals surface area contributed by atoms with Crippen LogP contribution in [0.2, 0.25) is 0 Å². The molecular weight excluding hydrogens is 297 g/mol. The molecule has 0 bridgehead atoms. The number of alkyl halides is 3. The van der Waals surface area contributed by atoms with Crippen molar-refractivity contribution in [1.82, 2.24) is 0 Å². The molecule has 2 aromatic rings.